The topological polar surface area (TPSA) is 101 Å². The van der Waals surface area contributed by atoms with Crippen molar-refractivity contribution < 1.29 is 27.1 Å². The van der Waals surface area contributed by atoms with Gasteiger partial charge in [-0.1, -0.05) is 13.8 Å². The summed E-state index contributed by atoms with van der Waals surface area (Å²) < 4.78 is 36.0. The number of hydrogen-bond acceptors (Lipinski definition) is 5. The Bertz CT molecular complexity index is 765. The van der Waals surface area contributed by atoms with E-state index in [0.29, 0.717) is 30.0 Å². The molecule has 4 saturated carbocycles. The highest BCUT2D eigenvalue weighted by molar-refractivity contribution is 7.80. The van der Waals surface area contributed by atoms with Crippen LogP contribution in [0, 0.1) is 40.4 Å². The Morgan fingerprint density at radius 2 is 1.64 bits per heavy atom. The van der Waals surface area contributed by atoms with E-state index in [1.165, 1.54) is 0 Å². The minimum Gasteiger partial charge on any atom is -0.364 e. The van der Waals surface area contributed by atoms with E-state index in [-0.39, 0.29) is 35.5 Å². The highest BCUT2D eigenvalue weighted by Gasteiger charge is 2.62. The molecule has 0 aromatic heterocycles. The van der Waals surface area contributed by atoms with Crippen molar-refractivity contribution in [2.24, 2.45) is 40.4 Å². The third-order valence-electron chi connectivity index (χ3n) is 9.44. The Morgan fingerprint density at radius 1 is 0.964 bits per heavy atom. The highest BCUT2D eigenvalue weighted by Crippen LogP contribution is 2.68. The lowest BCUT2D eigenvalue weighted by Crippen LogP contribution is -2.56. The van der Waals surface area contributed by atoms with Crippen LogP contribution >= 0.6 is 0 Å². The molecule has 2 N–H and O–H groups in total. The van der Waals surface area contributed by atoms with Gasteiger partial charge in [0.1, 0.15) is 5.78 Å². The minimum atomic E-state index is -4.68. The summed E-state index contributed by atoms with van der Waals surface area (Å²) in [6.45, 7) is 6.39. The van der Waals surface area contributed by atoms with Crippen molar-refractivity contribution in [2.45, 2.75) is 84.3 Å². The van der Waals surface area contributed by atoms with Gasteiger partial charge in [0.05, 0.1) is 0 Å². The SMILES string of the molecule is CC(=O)[C@H]1CC[C@H]2[C@@H]3CCC4C[C@](O)(OS(=O)(=O)O)CC[C@]4(C)[C@H]3CC[C@]12C. The van der Waals surface area contributed by atoms with Gasteiger partial charge in [-0.25, -0.2) is 4.18 Å². The summed E-state index contributed by atoms with van der Waals surface area (Å²) in [6.07, 6.45) is 7.52. The summed E-state index contributed by atoms with van der Waals surface area (Å²) in [5.41, 5.74) is 0.174. The summed E-state index contributed by atoms with van der Waals surface area (Å²) >= 11 is 0. The zero-order chi connectivity index (χ0) is 20.5. The van der Waals surface area contributed by atoms with Crippen LogP contribution in [0.1, 0.15) is 78.6 Å². The predicted octanol–water partition coefficient (Wildman–Crippen LogP) is 3.74. The normalized spacial score (nSPS) is 51.1. The molecule has 7 heteroatoms. The number of Topliss-reactive ketones (excluding diaryl/α,β-unsaturated/α-hetero) is 1. The zero-order valence-electron chi connectivity index (χ0n) is 17.2. The highest BCUT2D eigenvalue weighted by atomic mass is 32.3. The molecule has 0 aliphatic heterocycles. The van der Waals surface area contributed by atoms with Crippen molar-refractivity contribution >= 4 is 16.2 Å². The molecule has 0 heterocycles. The van der Waals surface area contributed by atoms with Crippen LogP contribution in [0.15, 0.2) is 0 Å². The van der Waals surface area contributed by atoms with Gasteiger partial charge in [-0.15, -0.1) is 0 Å². The van der Waals surface area contributed by atoms with Crippen molar-refractivity contribution in [3.05, 3.63) is 0 Å². The Labute approximate surface area is 168 Å². The van der Waals surface area contributed by atoms with Crippen LogP contribution in [0.3, 0.4) is 0 Å². The fourth-order valence-electron chi connectivity index (χ4n) is 8.15. The average Bonchev–Trinajstić information content (AvgIpc) is 2.91. The predicted molar refractivity (Wildman–Crippen MR) is 103 cm³/mol. The zero-order valence-corrected chi connectivity index (χ0v) is 18.0. The van der Waals surface area contributed by atoms with E-state index in [9.17, 15) is 18.3 Å². The van der Waals surface area contributed by atoms with Gasteiger partial charge in [-0.2, -0.15) is 8.42 Å². The van der Waals surface area contributed by atoms with Crippen LogP contribution in [-0.4, -0.2) is 29.6 Å². The van der Waals surface area contributed by atoms with Gasteiger partial charge in [0.15, 0.2) is 5.79 Å². The molecule has 4 rings (SSSR count). The molecule has 160 valence electrons. The van der Waals surface area contributed by atoms with Crippen LogP contribution in [0.25, 0.3) is 0 Å². The van der Waals surface area contributed by atoms with Gasteiger partial charge in [0.25, 0.3) is 0 Å². The molecule has 0 spiro atoms. The van der Waals surface area contributed by atoms with Crippen molar-refractivity contribution in [3.63, 3.8) is 0 Å². The van der Waals surface area contributed by atoms with Gasteiger partial charge in [-0.05, 0) is 86.4 Å². The van der Waals surface area contributed by atoms with Crippen molar-refractivity contribution in [1.29, 1.82) is 0 Å². The average molecular weight is 415 g/mol. The van der Waals surface area contributed by atoms with Gasteiger partial charge >= 0.3 is 10.4 Å². The number of aliphatic hydroxyl groups is 1. The summed E-state index contributed by atoms with van der Waals surface area (Å²) in [5.74, 6) is 0.678. The molecular weight excluding hydrogens is 380 g/mol. The molecule has 0 saturated heterocycles. The molecule has 0 aromatic carbocycles. The number of carbonyl (C=O) groups is 1. The lowest BCUT2D eigenvalue weighted by atomic mass is 9.44. The second kappa shape index (κ2) is 6.50. The van der Waals surface area contributed by atoms with Gasteiger partial charge in [0, 0.05) is 18.8 Å². The molecule has 6 nitrogen and oxygen atoms in total. The first kappa shape index (κ1) is 20.8. The lowest BCUT2D eigenvalue weighted by molar-refractivity contribution is -0.219. The fraction of sp³-hybridized carbons (Fsp3) is 0.952. The maximum Gasteiger partial charge on any atom is 0.400 e. The number of fused-ring (bicyclic) bond motifs is 5. The van der Waals surface area contributed by atoms with Crippen LogP contribution in [0.4, 0.5) is 0 Å². The van der Waals surface area contributed by atoms with Crippen molar-refractivity contribution in [2.75, 3.05) is 0 Å². The molecule has 1 unspecified atom stereocenters. The third kappa shape index (κ3) is 3.17. The van der Waals surface area contributed by atoms with Crippen molar-refractivity contribution in [1.82, 2.24) is 0 Å². The number of rotatable bonds is 3. The Hall–Kier alpha value is -0.500. The van der Waals surface area contributed by atoms with E-state index in [2.05, 4.69) is 18.0 Å². The van der Waals surface area contributed by atoms with E-state index >= 15 is 0 Å². The van der Waals surface area contributed by atoms with E-state index < -0.39 is 16.2 Å². The smallest absolute Gasteiger partial charge is 0.364 e. The van der Waals surface area contributed by atoms with Gasteiger partial charge in [-0.3, -0.25) is 9.35 Å². The van der Waals surface area contributed by atoms with E-state index in [1.807, 2.05) is 0 Å². The van der Waals surface area contributed by atoms with Crippen LogP contribution in [-0.2, 0) is 19.4 Å². The fourth-order valence-corrected chi connectivity index (χ4v) is 8.69. The van der Waals surface area contributed by atoms with Crippen LogP contribution < -0.4 is 0 Å². The van der Waals surface area contributed by atoms with E-state index in [4.69, 9.17) is 4.55 Å². The molecule has 28 heavy (non-hydrogen) atoms. The standard InChI is InChI=1S/C21H34O6S/c1-13(22)16-6-7-17-15-5-4-14-12-21(23,27-28(24,25)26)11-10-19(14,2)18(15)8-9-20(16,17)3/h14-18,23H,4-12H2,1-3H3,(H,24,25,26)/t14?,15-,16+,17-,18-,19-,20+,21+/m0/s1. The summed E-state index contributed by atoms with van der Waals surface area (Å²) in [7, 11) is -4.68. The molecule has 0 amide bonds. The molecular formula is C21H34O6S. The first-order chi connectivity index (χ1) is 12.9. The Kier molecular flexibility index (Phi) is 4.82. The largest absolute Gasteiger partial charge is 0.400 e. The third-order valence-corrected chi connectivity index (χ3v) is 9.96. The maximum absolute atomic E-state index is 12.2. The first-order valence-electron chi connectivity index (χ1n) is 10.8. The number of carbonyl (C=O) groups excluding carboxylic acids is 1. The molecule has 4 aliphatic carbocycles. The lowest BCUT2D eigenvalue weighted by Gasteiger charge is -2.61. The minimum absolute atomic E-state index is 0.0490. The van der Waals surface area contributed by atoms with E-state index in [0.717, 1.165) is 38.5 Å². The second-order valence-corrected chi connectivity index (χ2v) is 11.6. The molecule has 4 fully saturated rings. The first-order valence-corrected chi connectivity index (χ1v) is 12.2. The number of hydrogen-bond donors (Lipinski definition) is 2. The maximum atomic E-state index is 12.2. The summed E-state index contributed by atoms with van der Waals surface area (Å²) in [5, 5.41) is 10.6. The molecule has 0 bridgehead atoms. The quantitative estimate of drug-likeness (QED) is 0.539. The van der Waals surface area contributed by atoms with Gasteiger partial charge < -0.3 is 5.11 Å². The second-order valence-electron chi connectivity index (χ2n) is 10.6. The molecule has 0 aromatic rings. The Morgan fingerprint density at radius 3 is 2.29 bits per heavy atom. The molecule has 8 atom stereocenters. The van der Waals surface area contributed by atoms with Crippen molar-refractivity contribution in [3.8, 4) is 0 Å². The van der Waals surface area contributed by atoms with Gasteiger partial charge in [0.2, 0.25) is 0 Å². The monoisotopic (exact) mass is 414 g/mol. The summed E-state index contributed by atoms with van der Waals surface area (Å²) in [6, 6.07) is 0. The van der Waals surface area contributed by atoms with Crippen LogP contribution in [0.5, 0.6) is 0 Å². The van der Waals surface area contributed by atoms with Crippen LogP contribution in [0.2, 0.25) is 0 Å². The molecule has 4 aliphatic rings. The number of ketones is 1. The summed E-state index contributed by atoms with van der Waals surface area (Å²) in [4.78, 5) is 12.2. The van der Waals surface area contributed by atoms with E-state index in [1.54, 1.807) is 6.92 Å². The Balaban J connectivity index is 1.56. The molecule has 0 radical (unpaired) electrons.